The molecule has 0 bridgehead atoms. The predicted molar refractivity (Wildman–Crippen MR) is 59.7 cm³/mol. The smallest absolute Gasteiger partial charge is 0.748 e. The summed E-state index contributed by atoms with van der Waals surface area (Å²) >= 11 is 0. The van der Waals surface area contributed by atoms with Gasteiger partial charge in [-0.15, -0.1) is 0 Å². The summed E-state index contributed by atoms with van der Waals surface area (Å²) in [7, 11) is -2.51. The molecule has 0 saturated carbocycles. The Bertz CT molecular complexity index is 458. The minimum absolute atomic E-state index is 0. The molecule has 0 heterocycles. The summed E-state index contributed by atoms with van der Waals surface area (Å²) in [5.74, 6) is -0.432. The number of anilines is 1. The maximum Gasteiger partial charge on any atom is 1.00 e. The van der Waals surface area contributed by atoms with Crippen LogP contribution in [0.1, 0.15) is 10.4 Å². The maximum absolute atomic E-state index is 10.4. The predicted octanol–water partition coefficient (Wildman–Crippen LogP) is -2.52. The molecule has 0 radical (unpaired) electrons. The van der Waals surface area contributed by atoms with Crippen molar-refractivity contribution >= 4 is 22.1 Å². The van der Waals surface area contributed by atoms with E-state index in [-0.39, 0.29) is 36.1 Å². The summed E-state index contributed by atoms with van der Waals surface area (Å²) in [4.78, 5) is 12.1. The van der Waals surface area contributed by atoms with Crippen LogP contribution in [-0.2, 0) is 10.1 Å². The molecular formula is C10H12NNaO4S. The van der Waals surface area contributed by atoms with Gasteiger partial charge in [0.15, 0.2) is 0 Å². The normalized spacial score (nSPS) is 10.5. The third-order valence-electron chi connectivity index (χ3n) is 2.15. The average molecular weight is 265 g/mol. The van der Waals surface area contributed by atoms with Gasteiger partial charge in [0.1, 0.15) is 6.29 Å². The molecule has 0 aromatic heterocycles. The van der Waals surface area contributed by atoms with E-state index in [1.807, 2.05) is 0 Å². The number of hydrogen-bond acceptors (Lipinski definition) is 5. The Morgan fingerprint density at radius 2 is 1.82 bits per heavy atom. The van der Waals surface area contributed by atoms with Gasteiger partial charge in [-0.2, -0.15) is 0 Å². The molecule has 0 saturated heterocycles. The van der Waals surface area contributed by atoms with Crippen molar-refractivity contribution in [2.45, 2.75) is 0 Å². The van der Waals surface area contributed by atoms with Crippen molar-refractivity contribution in [2.75, 3.05) is 24.2 Å². The number of hydrogen-bond donors (Lipinski definition) is 0. The van der Waals surface area contributed by atoms with Crippen molar-refractivity contribution in [2.24, 2.45) is 0 Å². The number of nitrogens with zero attached hydrogens (tertiary/aromatic N) is 1. The van der Waals surface area contributed by atoms with Crippen molar-refractivity contribution in [3.05, 3.63) is 29.8 Å². The topological polar surface area (TPSA) is 77.5 Å². The Morgan fingerprint density at radius 1 is 1.29 bits per heavy atom. The van der Waals surface area contributed by atoms with Gasteiger partial charge in [-0.3, -0.25) is 4.79 Å². The third-order valence-corrected chi connectivity index (χ3v) is 2.83. The van der Waals surface area contributed by atoms with Gasteiger partial charge in [-0.1, -0.05) is 0 Å². The van der Waals surface area contributed by atoms with E-state index in [9.17, 15) is 17.8 Å². The molecular weight excluding hydrogens is 253 g/mol. The van der Waals surface area contributed by atoms with Crippen molar-refractivity contribution in [1.82, 2.24) is 0 Å². The van der Waals surface area contributed by atoms with Gasteiger partial charge < -0.3 is 9.45 Å². The number of rotatable bonds is 5. The van der Waals surface area contributed by atoms with Crippen molar-refractivity contribution < 1.29 is 47.3 Å². The zero-order valence-electron chi connectivity index (χ0n) is 9.79. The van der Waals surface area contributed by atoms with Crippen LogP contribution in [0, 0.1) is 0 Å². The van der Waals surface area contributed by atoms with E-state index in [1.165, 1.54) is 0 Å². The Labute approximate surface area is 123 Å². The molecule has 1 aromatic carbocycles. The molecule has 0 N–H and O–H groups in total. The van der Waals surface area contributed by atoms with Crippen LogP contribution in [0.15, 0.2) is 24.3 Å². The molecule has 0 aliphatic heterocycles. The van der Waals surface area contributed by atoms with Crippen LogP contribution in [0.5, 0.6) is 0 Å². The number of aldehydes is 1. The minimum atomic E-state index is -4.19. The van der Waals surface area contributed by atoms with Crippen LogP contribution < -0.4 is 34.5 Å². The van der Waals surface area contributed by atoms with Crippen molar-refractivity contribution in [1.29, 1.82) is 0 Å². The molecule has 1 rings (SSSR count). The Morgan fingerprint density at radius 3 is 2.24 bits per heavy atom. The first-order chi connectivity index (χ1) is 7.42. The van der Waals surface area contributed by atoms with Gasteiger partial charge in [0, 0.05) is 24.8 Å². The van der Waals surface area contributed by atoms with E-state index in [0.29, 0.717) is 5.56 Å². The molecule has 0 spiro atoms. The van der Waals surface area contributed by atoms with E-state index >= 15 is 0 Å². The molecule has 0 amide bonds. The number of carbonyl (C=O) groups is 1. The maximum atomic E-state index is 10.4. The van der Waals surface area contributed by atoms with Crippen LogP contribution >= 0.6 is 0 Å². The number of benzene rings is 1. The fourth-order valence-electron chi connectivity index (χ4n) is 1.19. The first kappa shape index (κ1) is 16.6. The molecule has 5 nitrogen and oxygen atoms in total. The van der Waals surface area contributed by atoms with Gasteiger partial charge in [-0.25, -0.2) is 8.42 Å². The van der Waals surface area contributed by atoms with E-state index in [2.05, 4.69) is 0 Å². The van der Waals surface area contributed by atoms with Crippen LogP contribution in [0.3, 0.4) is 0 Å². The molecule has 0 unspecified atom stereocenters. The molecule has 88 valence electrons. The van der Waals surface area contributed by atoms with Gasteiger partial charge in [0.05, 0.1) is 15.9 Å². The molecule has 1 aromatic rings. The molecule has 0 aliphatic carbocycles. The van der Waals surface area contributed by atoms with Crippen LogP contribution in [0.4, 0.5) is 5.69 Å². The first-order valence-electron chi connectivity index (χ1n) is 4.62. The van der Waals surface area contributed by atoms with E-state index in [0.717, 1.165) is 12.0 Å². The fraction of sp³-hybridized carbons (Fsp3) is 0.300. The van der Waals surface area contributed by atoms with E-state index in [4.69, 9.17) is 0 Å². The molecule has 0 atom stereocenters. The molecule has 0 aliphatic rings. The monoisotopic (exact) mass is 265 g/mol. The van der Waals surface area contributed by atoms with E-state index in [1.54, 1.807) is 36.2 Å². The average Bonchev–Trinajstić information content (AvgIpc) is 2.25. The Balaban J connectivity index is 0.00000256. The second-order valence-electron chi connectivity index (χ2n) is 3.39. The summed E-state index contributed by atoms with van der Waals surface area (Å²) in [6.45, 7) is 0.131. The quantitative estimate of drug-likeness (QED) is 0.334. The van der Waals surface area contributed by atoms with Gasteiger partial charge in [-0.05, 0) is 24.3 Å². The molecule has 17 heavy (non-hydrogen) atoms. The van der Waals surface area contributed by atoms with E-state index < -0.39 is 15.9 Å². The van der Waals surface area contributed by atoms with Gasteiger partial charge in [0.2, 0.25) is 0 Å². The first-order valence-corrected chi connectivity index (χ1v) is 6.20. The zero-order valence-corrected chi connectivity index (χ0v) is 12.6. The summed E-state index contributed by atoms with van der Waals surface area (Å²) in [6.07, 6.45) is 0.728. The Kier molecular flexibility index (Phi) is 6.96. The summed E-state index contributed by atoms with van der Waals surface area (Å²) in [6, 6.07) is 6.65. The third kappa shape index (κ3) is 6.18. The molecule has 7 heteroatoms. The minimum Gasteiger partial charge on any atom is -0.748 e. The SMILES string of the molecule is CN(CCS(=O)(=O)[O-])c1ccc(C=O)cc1.[Na+]. The van der Waals surface area contributed by atoms with Crippen LogP contribution in [0.2, 0.25) is 0 Å². The van der Waals surface area contributed by atoms with Crippen LogP contribution in [-0.4, -0.2) is 38.6 Å². The summed E-state index contributed by atoms with van der Waals surface area (Å²) in [5.41, 5.74) is 1.31. The largest absolute Gasteiger partial charge is 1.00 e. The van der Waals surface area contributed by atoms with Gasteiger partial charge in [0.25, 0.3) is 0 Å². The van der Waals surface area contributed by atoms with Crippen LogP contribution in [0.25, 0.3) is 0 Å². The second-order valence-corrected chi connectivity index (χ2v) is 4.92. The standard InChI is InChI=1S/C10H13NO4S.Na/c1-11(6-7-16(13,14)15)10-4-2-9(8-12)3-5-10;/h2-5,8H,6-7H2,1H3,(H,13,14,15);/q;+1/p-1. The fourth-order valence-corrected chi connectivity index (χ4v) is 1.68. The van der Waals surface area contributed by atoms with Crippen molar-refractivity contribution in [3.8, 4) is 0 Å². The Hall–Kier alpha value is -0.400. The number of carbonyl (C=O) groups excluding carboxylic acids is 1. The zero-order chi connectivity index (χ0) is 12.2. The van der Waals surface area contributed by atoms with Crippen molar-refractivity contribution in [3.63, 3.8) is 0 Å². The second kappa shape index (κ2) is 7.13. The van der Waals surface area contributed by atoms with Gasteiger partial charge >= 0.3 is 29.6 Å². The summed E-state index contributed by atoms with van der Waals surface area (Å²) < 4.78 is 31.3. The molecule has 0 fully saturated rings. The summed E-state index contributed by atoms with van der Waals surface area (Å²) in [5, 5.41) is 0.